The van der Waals surface area contributed by atoms with Crippen LogP contribution in [0.5, 0.6) is 0 Å². The minimum atomic E-state index is -0.126. The summed E-state index contributed by atoms with van der Waals surface area (Å²) in [5, 5.41) is 2.94. The highest BCUT2D eigenvalue weighted by atomic mass is 35.5. The van der Waals surface area contributed by atoms with E-state index >= 15 is 0 Å². The standard InChI is InChI=1S/C10H6ClN3OS/c11-7-5-4-6(16-7)10-12-8-2-1-3-9(15)14(8)13-10/h1-5H,(H,12,13). The molecule has 0 fully saturated rings. The number of halogens is 1. The van der Waals surface area contributed by atoms with Crippen LogP contribution >= 0.6 is 22.9 Å². The highest BCUT2D eigenvalue weighted by Crippen LogP contribution is 2.28. The number of H-pyrrole nitrogens is 1. The second-order valence-electron chi connectivity index (χ2n) is 3.23. The second-order valence-corrected chi connectivity index (χ2v) is 4.95. The van der Waals surface area contributed by atoms with Crippen LogP contribution in [0.2, 0.25) is 4.34 Å². The predicted octanol–water partition coefficient (Wildman–Crippen LogP) is 2.40. The Bertz CT molecular complexity index is 712. The van der Waals surface area contributed by atoms with Gasteiger partial charge in [0, 0.05) is 6.07 Å². The summed E-state index contributed by atoms with van der Waals surface area (Å²) in [6.45, 7) is 0. The Morgan fingerprint density at radius 1 is 1.31 bits per heavy atom. The molecular weight excluding hydrogens is 246 g/mol. The van der Waals surface area contributed by atoms with Crippen molar-refractivity contribution in [2.75, 3.05) is 0 Å². The molecular formula is C10H6ClN3OS. The zero-order chi connectivity index (χ0) is 11.1. The molecule has 0 aliphatic carbocycles. The van der Waals surface area contributed by atoms with E-state index in [4.69, 9.17) is 11.6 Å². The monoisotopic (exact) mass is 251 g/mol. The van der Waals surface area contributed by atoms with Gasteiger partial charge in [-0.1, -0.05) is 17.7 Å². The van der Waals surface area contributed by atoms with Crippen LogP contribution in [-0.2, 0) is 0 Å². The van der Waals surface area contributed by atoms with Gasteiger partial charge < -0.3 is 0 Å². The van der Waals surface area contributed by atoms with Crippen LogP contribution in [0.1, 0.15) is 0 Å². The molecule has 0 saturated carbocycles. The van der Waals surface area contributed by atoms with Crippen molar-refractivity contribution in [3.8, 4) is 10.7 Å². The highest BCUT2D eigenvalue weighted by Gasteiger charge is 2.07. The van der Waals surface area contributed by atoms with E-state index in [9.17, 15) is 4.79 Å². The Morgan fingerprint density at radius 3 is 2.88 bits per heavy atom. The highest BCUT2D eigenvalue weighted by molar-refractivity contribution is 7.19. The number of aromatic nitrogens is 3. The van der Waals surface area contributed by atoms with E-state index in [2.05, 4.69) is 10.1 Å². The van der Waals surface area contributed by atoms with Gasteiger partial charge in [-0.05, 0) is 18.2 Å². The third-order valence-corrected chi connectivity index (χ3v) is 3.42. The maximum atomic E-state index is 11.5. The lowest BCUT2D eigenvalue weighted by Gasteiger charge is -1.87. The third-order valence-electron chi connectivity index (χ3n) is 2.18. The molecule has 6 heteroatoms. The predicted molar refractivity (Wildman–Crippen MR) is 64.1 cm³/mol. The minimum Gasteiger partial charge on any atom is -0.272 e. The summed E-state index contributed by atoms with van der Waals surface area (Å²) >= 11 is 7.27. The van der Waals surface area contributed by atoms with Gasteiger partial charge in [-0.3, -0.25) is 9.89 Å². The number of nitrogens with one attached hydrogen (secondary N) is 1. The van der Waals surface area contributed by atoms with Crippen molar-refractivity contribution < 1.29 is 0 Å². The summed E-state index contributed by atoms with van der Waals surface area (Å²) in [6, 6.07) is 8.62. The maximum Gasteiger partial charge on any atom is 0.271 e. The number of hydrogen-bond donors (Lipinski definition) is 1. The molecule has 0 radical (unpaired) electrons. The van der Waals surface area contributed by atoms with Gasteiger partial charge in [0.1, 0.15) is 0 Å². The van der Waals surface area contributed by atoms with Crippen LogP contribution in [0, 0.1) is 0 Å². The Balaban J connectivity index is 2.26. The van der Waals surface area contributed by atoms with Gasteiger partial charge in [-0.15, -0.1) is 11.3 Å². The largest absolute Gasteiger partial charge is 0.272 e. The SMILES string of the molecule is O=c1cccc2nc(-c3ccc(Cl)s3)[nH]n12. The van der Waals surface area contributed by atoms with E-state index in [1.165, 1.54) is 21.9 Å². The Kier molecular flexibility index (Phi) is 2.08. The molecule has 0 aliphatic rings. The molecule has 0 spiro atoms. The number of rotatable bonds is 1. The van der Waals surface area contributed by atoms with Gasteiger partial charge in [0.05, 0.1) is 9.21 Å². The summed E-state index contributed by atoms with van der Waals surface area (Å²) in [6.07, 6.45) is 0. The third kappa shape index (κ3) is 1.45. The number of thiophene rings is 1. The average molecular weight is 252 g/mol. The number of aromatic amines is 1. The van der Waals surface area contributed by atoms with Crippen molar-refractivity contribution in [3.63, 3.8) is 0 Å². The zero-order valence-electron chi connectivity index (χ0n) is 7.98. The normalized spacial score (nSPS) is 11.1. The summed E-state index contributed by atoms with van der Waals surface area (Å²) in [4.78, 5) is 16.7. The first-order chi connectivity index (χ1) is 7.74. The molecule has 3 aromatic rings. The molecule has 0 atom stereocenters. The molecule has 0 saturated heterocycles. The summed E-state index contributed by atoms with van der Waals surface area (Å²) in [5.41, 5.74) is 0.478. The van der Waals surface area contributed by atoms with Crippen molar-refractivity contribution in [2.45, 2.75) is 0 Å². The quantitative estimate of drug-likeness (QED) is 0.722. The van der Waals surface area contributed by atoms with E-state index in [1.807, 2.05) is 6.07 Å². The van der Waals surface area contributed by atoms with Crippen molar-refractivity contribution in [1.82, 2.24) is 14.6 Å². The van der Waals surface area contributed by atoms with E-state index in [-0.39, 0.29) is 5.56 Å². The Labute approximate surface area is 99.1 Å². The number of fused-ring (bicyclic) bond motifs is 1. The van der Waals surface area contributed by atoms with Crippen LogP contribution in [0.15, 0.2) is 35.1 Å². The molecule has 0 bridgehead atoms. The first-order valence-corrected chi connectivity index (χ1v) is 5.77. The zero-order valence-corrected chi connectivity index (χ0v) is 9.55. The van der Waals surface area contributed by atoms with Crippen LogP contribution in [0.3, 0.4) is 0 Å². The molecule has 0 aliphatic heterocycles. The second kappa shape index (κ2) is 3.47. The molecule has 1 N–H and O–H groups in total. The van der Waals surface area contributed by atoms with Crippen LogP contribution in [0.4, 0.5) is 0 Å². The summed E-state index contributed by atoms with van der Waals surface area (Å²) in [7, 11) is 0. The molecule has 80 valence electrons. The molecule has 0 unspecified atom stereocenters. The van der Waals surface area contributed by atoms with Crippen molar-refractivity contribution in [3.05, 3.63) is 45.0 Å². The maximum absolute atomic E-state index is 11.5. The van der Waals surface area contributed by atoms with Gasteiger partial charge >= 0.3 is 0 Å². The van der Waals surface area contributed by atoms with E-state index in [0.717, 1.165) is 4.88 Å². The van der Waals surface area contributed by atoms with Crippen LogP contribution in [0.25, 0.3) is 16.3 Å². The van der Waals surface area contributed by atoms with Gasteiger partial charge in [0.25, 0.3) is 5.56 Å². The van der Waals surface area contributed by atoms with Crippen molar-refractivity contribution >= 4 is 28.6 Å². The Morgan fingerprint density at radius 2 is 2.19 bits per heavy atom. The van der Waals surface area contributed by atoms with E-state index in [0.29, 0.717) is 15.8 Å². The Hall–Kier alpha value is -1.59. The molecule has 3 heterocycles. The minimum absolute atomic E-state index is 0.126. The lowest BCUT2D eigenvalue weighted by atomic mass is 10.4. The number of hydrogen-bond acceptors (Lipinski definition) is 3. The van der Waals surface area contributed by atoms with Crippen molar-refractivity contribution in [2.24, 2.45) is 0 Å². The fraction of sp³-hybridized carbons (Fsp3) is 0. The fourth-order valence-electron chi connectivity index (χ4n) is 1.48. The molecule has 0 amide bonds. The lowest BCUT2D eigenvalue weighted by Crippen LogP contribution is -2.11. The summed E-state index contributed by atoms with van der Waals surface area (Å²) < 4.78 is 2.10. The molecule has 3 rings (SSSR count). The van der Waals surface area contributed by atoms with Crippen LogP contribution in [-0.4, -0.2) is 14.6 Å². The van der Waals surface area contributed by atoms with E-state index in [1.54, 1.807) is 18.2 Å². The first-order valence-electron chi connectivity index (χ1n) is 4.57. The first kappa shape index (κ1) is 9.62. The van der Waals surface area contributed by atoms with Gasteiger partial charge in [-0.25, -0.2) is 4.98 Å². The lowest BCUT2D eigenvalue weighted by molar-refractivity contribution is 0.925. The molecule has 3 aromatic heterocycles. The van der Waals surface area contributed by atoms with Gasteiger partial charge in [-0.2, -0.15) is 4.52 Å². The molecule has 16 heavy (non-hydrogen) atoms. The van der Waals surface area contributed by atoms with E-state index < -0.39 is 0 Å². The smallest absolute Gasteiger partial charge is 0.271 e. The fourth-order valence-corrected chi connectivity index (χ4v) is 2.46. The molecule has 4 nitrogen and oxygen atoms in total. The average Bonchev–Trinajstić information content (AvgIpc) is 2.84. The van der Waals surface area contributed by atoms with Gasteiger partial charge in [0.2, 0.25) is 0 Å². The molecule has 0 aromatic carbocycles. The van der Waals surface area contributed by atoms with Crippen LogP contribution < -0.4 is 5.56 Å². The number of nitrogens with zero attached hydrogens (tertiary/aromatic N) is 2. The summed E-state index contributed by atoms with van der Waals surface area (Å²) in [5.74, 6) is 0.653. The van der Waals surface area contributed by atoms with Crippen molar-refractivity contribution in [1.29, 1.82) is 0 Å². The number of pyridine rings is 1. The topological polar surface area (TPSA) is 50.2 Å². The van der Waals surface area contributed by atoms with Gasteiger partial charge in [0.15, 0.2) is 11.5 Å².